The Balaban J connectivity index is 1.60. The minimum atomic E-state index is -0.646. The number of likely N-dealkylation sites (tertiary alicyclic amines) is 2. The minimum absolute atomic E-state index is 0.162. The fourth-order valence-corrected chi connectivity index (χ4v) is 4.05. The van der Waals surface area contributed by atoms with Crippen molar-refractivity contribution in [1.29, 1.82) is 0 Å². The molecule has 1 N–H and O–H groups in total. The lowest BCUT2D eigenvalue weighted by molar-refractivity contribution is 0.0712. The number of aliphatic hydroxyl groups is 1. The summed E-state index contributed by atoms with van der Waals surface area (Å²) in [4.78, 5) is 17.2. The van der Waals surface area contributed by atoms with Crippen molar-refractivity contribution in [2.45, 2.75) is 45.1 Å². The van der Waals surface area contributed by atoms with Crippen LogP contribution in [0.3, 0.4) is 0 Å². The standard InChI is InChI=1S/C20H30N2O2/c1-19(2,24)9-8-16-4-6-17(7-5-16)18(23)22-13-11-20(15-22)10-12-21(3)14-20/h4-7,24H,8-15H2,1-3H3/t20-/m1/s1. The second-order valence-corrected chi connectivity index (χ2v) is 8.47. The number of rotatable bonds is 4. The summed E-state index contributed by atoms with van der Waals surface area (Å²) < 4.78 is 0. The van der Waals surface area contributed by atoms with Crippen molar-refractivity contribution in [3.63, 3.8) is 0 Å². The molecule has 0 saturated carbocycles. The van der Waals surface area contributed by atoms with Crippen LogP contribution >= 0.6 is 0 Å². The van der Waals surface area contributed by atoms with E-state index in [9.17, 15) is 9.90 Å². The van der Waals surface area contributed by atoms with Gasteiger partial charge in [-0.3, -0.25) is 4.79 Å². The summed E-state index contributed by atoms with van der Waals surface area (Å²) in [5, 5.41) is 9.82. The molecule has 2 fully saturated rings. The van der Waals surface area contributed by atoms with Gasteiger partial charge in [-0.1, -0.05) is 12.1 Å². The van der Waals surface area contributed by atoms with Gasteiger partial charge >= 0.3 is 0 Å². The van der Waals surface area contributed by atoms with Crippen LogP contribution in [0.4, 0.5) is 0 Å². The van der Waals surface area contributed by atoms with Crippen LogP contribution in [0.25, 0.3) is 0 Å². The number of carbonyl (C=O) groups is 1. The van der Waals surface area contributed by atoms with Gasteiger partial charge in [-0.15, -0.1) is 0 Å². The lowest BCUT2D eigenvalue weighted by atomic mass is 9.86. The predicted octanol–water partition coefficient (Wildman–Crippen LogP) is 2.56. The van der Waals surface area contributed by atoms with Crippen LogP contribution < -0.4 is 0 Å². The zero-order valence-corrected chi connectivity index (χ0v) is 15.2. The maximum absolute atomic E-state index is 12.8. The van der Waals surface area contributed by atoms with Gasteiger partial charge in [0.05, 0.1) is 5.60 Å². The van der Waals surface area contributed by atoms with E-state index in [0.29, 0.717) is 5.41 Å². The van der Waals surface area contributed by atoms with Gasteiger partial charge in [0, 0.05) is 30.6 Å². The number of hydrogen-bond acceptors (Lipinski definition) is 3. The molecule has 0 unspecified atom stereocenters. The second kappa shape index (κ2) is 6.49. The number of nitrogens with zero attached hydrogens (tertiary/aromatic N) is 2. The molecule has 1 aromatic rings. The van der Waals surface area contributed by atoms with Crippen molar-refractivity contribution in [3.05, 3.63) is 35.4 Å². The molecule has 4 nitrogen and oxygen atoms in total. The van der Waals surface area contributed by atoms with Crippen LogP contribution in [0, 0.1) is 5.41 Å². The van der Waals surface area contributed by atoms with Crippen LogP contribution in [-0.4, -0.2) is 59.6 Å². The van der Waals surface area contributed by atoms with E-state index in [1.54, 1.807) is 0 Å². The smallest absolute Gasteiger partial charge is 0.253 e. The van der Waals surface area contributed by atoms with Crippen molar-refractivity contribution in [2.75, 3.05) is 33.2 Å². The predicted molar refractivity (Wildman–Crippen MR) is 96.1 cm³/mol. The highest BCUT2D eigenvalue weighted by Gasteiger charge is 2.43. The van der Waals surface area contributed by atoms with Gasteiger partial charge < -0.3 is 14.9 Å². The quantitative estimate of drug-likeness (QED) is 0.923. The average Bonchev–Trinajstić information content (AvgIpc) is 3.11. The molecule has 0 aromatic heterocycles. The summed E-state index contributed by atoms with van der Waals surface area (Å²) in [6.45, 7) is 7.71. The Hall–Kier alpha value is -1.39. The SMILES string of the molecule is CN1CC[C@@]2(CCN(C(=O)c3ccc(CCC(C)(C)O)cc3)C2)C1. The van der Waals surface area contributed by atoms with Crippen molar-refractivity contribution in [3.8, 4) is 0 Å². The molecule has 3 rings (SSSR count). The lowest BCUT2D eigenvalue weighted by Gasteiger charge is -2.24. The summed E-state index contributed by atoms with van der Waals surface area (Å²) in [6, 6.07) is 7.92. The Bertz CT molecular complexity index is 591. The van der Waals surface area contributed by atoms with Crippen LogP contribution in [-0.2, 0) is 6.42 Å². The van der Waals surface area contributed by atoms with Crippen molar-refractivity contribution < 1.29 is 9.90 Å². The van der Waals surface area contributed by atoms with Gasteiger partial charge in [0.1, 0.15) is 0 Å². The highest BCUT2D eigenvalue weighted by molar-refractivity contribution is 5.94. The zero-order valence-electron chi connectivity index (χ0n) is 15.2. The molecule has 2 saturated heterocycles. The van der Waals surface area contributed by atoms with Crippen LogP contribution in [0.2, 0.25) is 0 Å². The first-order valence-corrected chi connectivity index (χ1v) is 9.06. The van der Waals surface area contributed by atoms with Crippen LogP contribution in [0.15, 0.2) is 24.3 Å². The zero-order chi connectivity index (χ0) is 17.4. The molecular formula is C20H30N2O2. The average molecular weight is 330 g/mol. The van der Waals surface area contributed by atoms with Crippen molar-refractivity contribution >= 4 is 5.91 Å². The van der Waals surface area contributed by atoms with Gasteiger partial charge in [-0.25, -0.2) is 0 Å². The first-order chi connectivity index (χ1) is 11.3. The molecule has 2 aliphatic rings. The molecular weight excluding hydrogens is 300 g/mol. The number of benzene rings is 1. The molecule has 1 spiro atoms. The summed E-state index contributed by atoms with van der Waals surface area (Å²) in [6.07, 6.45) is 3.90. The molecule has 2 heterocycles. The van der Waals surface area contributed by atoms with E-state index < -0.39 is 5.60 Å². The number of aryl methyl sites for hydroxylation is 1. The van der Waals surface area contributed by atoms with E-state index in [1.807, 2.05) is 43.0 Å². The molecule has 0 radical (unpaired) electrons. The van der Waals surface area contributed by atoms with Crippen molar-refractivity contribution in [2.24, 2.45) is 5.41 Å². The molecule has 1 aromatic carbocycles. The maximum atomic E-state index is 12.8. The summed E-state index contributed by atoms with van der Waals surface area (Å²) in [7, 11) is 2.17. The van der Waals surface area contributed by atoms with Gasteiger partial charge in [0.2, 0.25) is 0 Å². The van der Waals surface area contributed by atoms with Crippen molar-refractivity contribution in [1.82, 2.24) is 9.80 Å². The van der Waals surface area contributed by atoms with E-state index in [1.165, 1.54) is 12.0 Å². The minimum Gasteiger partial charge on any atom is -0.390 e. The Labute approximate surface area is 145 Å². The topological polar surface area (TPSA) is 43.8 Å². The normalized spacial score (nSPS) is 24.9. The molecule has 1 atom stereocenters. The van der Waals surface area contributed by atoms with Crippen LogP contribution in [0.1, 0.15) is 49.0 Å². The van der Waals surface area contributed by atoms with Crippen LogP contribution in [0.5, 0.6) is 0 Å². The molecule has 132 valence electrons. The van der Waals surface area contributed by atoms with Gasteiger partial charge in [-0.2, -0.15) is 0 Å². The summed E-state index contributed by atoms with van der Waals surface area (Å²) >= 11 is 0. The third-order valence-electron chi connectivity index (χ3n) is 5.58. The summed E-state index contributed by atoms with van der Waals surface area (Å²) in [5.41, 5.74) is 1.64. The van der Waals surface area contributed by atoms with E-state index >= 15 is 0 Å². The van der Waals surface area contributed by atoms with Gasteiger partial charge in [-0.05, 0) is 70.8 Å². The molecule has 0 aliphatic carbocycles. The fraction of sp³-hybridized carbons (Fsp3) is 0.650. The molecule has 0 bridgehead atoms. The summed E-state index contributed by atoms with van der Waals surface area (Å²) in [5.74, 6) is 0.162. The van der Waals surface area contributed by atoms with E-state index in [-0.39, 0.29) is 5.91 Å². The largest absolute Gasteiger partial charge is 0.390 e. The Morgan fingerprint density at radius 1 is 1.17 bits per heavy atom. The van der Waals surface area contributed by atoms with Gasteiger partial charge in [0.15, 0.2) is 0 Å². The Kier molecular flexibility index (Phi) is 4.71. The fourth-order valence-electron chi connectivity index (χ4n) is 4.05. The Morgan fingerprint density at radius 2 is 1.83 bits per heavy atom. The number of amides is 1. The molecule has 24 heavy (non-hydrogen) atoms. The highest BCUT2D eigenvalue weighted by atomic mass is 16.3. The number of hydrogen-bond donors (Lipinski definition) is 1. The van der Waals surface area contributed by atoms with E-state index in [4.69, 9.17) is 0 Å². The van der Waals surface area contributed by atoms with E-state index in [0.717, 1.165) is 51.0 Å². The van der Waals surface area contributed by atoms with E-state index in [2.05, 4.69) is 11.9 Å². The molecule has 4 heteroatoms. The lowest BCUT2D eigenvalue weighted by Crippen LogP contribution is -2.33. The maximum Gasteiger partial charge on any atom is 0.253 e. The number of carbonyl (C=O) groups excluding carboxylic acids is 1. The highest BCUT2D eigenvalue weighted by Crippen LogP contribution is 2.39. The van der Waals surface area contributed by atoms with Gasteiger partial charge in [0.25, 0.3) is 5.91 Å². The Morgan fingerprint density at radius 3 is 2.42 bits per heavy atom. The third-order valence-corrected chi connectivity index (χ3v) is 5.58. The first kappa shape index (κ1) is 17.4. The molecule has 2 aliphatic heterocycles. The first-order valence-electron chi connectivity index (χ1n) is 9.06. The monoisotopic (exact) mass is 330 g/mol. The molecule has 1 amide bonds. The second-order valence-electron chi connectivity index (χ2n) is 8.47. The third kappa shape index (κ3) is 3.98.